The van der Waals surface area contributed by atoms with Gasteiger partial charge in [0, 0.05) is 45.1 Å². The molecule has 3 rings (SSSR count). The largest absolute Gasteiger partial charge is 0.343 e. The Morgan fingerprint density at radius 1 is 1.04 bits per heavy atom. The van der Waals surface area contributed by atoms with E-state index >= 15 is 0 Å². The van der Waals surface area contributed by atoms with Gasteiger partial charge in [0.1, 0.15) is 4.90 Å². The summed E-state index contributed by atoms with van der Waals surface area (Å²) in [6.07, 6.45) is 3.58. The zero-order valence-electron chi connectivity index (χ0n) is 15.8. The molecule has 7 nitrogen and oxygen atoms in total. The first-order chi connectivity index (χ1) is 13.4. The lowest BCUT2D eigenvalue weighted by Gasteiger charge is -2.33. The zero-order chi connectivity index (χ0) is 20.1. The van der Waals surface area contributed by atoms with E-state index in [0.29, 0.717) is 25.9 Å². The third kappa shape index (κ3) is 5.04. The van der Waals surface area contributed by atoms with Gasteiger partial charge in [-0.2, -0.15) is 0 Å². The van der Waals surface area contributed by atoms with Crippen LogP contribution in [0.15, 0.2) is 29.2 Å². The van der Waals surface area contributed by atoms with Crippen LogP contribution in [0, 0.1) is 5.92 Å². The summed E-state index contributed by atoms with van der Waals surface area (Å²) >= 11 is 5.93. The molecule has 0 atom stereocenters. The molecule has 2 saturated heterocycles. The fourth-order valence-electron chi connectivity index (χ4n) is 3.76. The maximum Gasteiger partial charge on any atom is 0.242 e. The molecule has 154 valence electrons. The number of likely N-dealkylation sites (tertiary alicyclic amines) is 2. The van der Waals surface area contributed by atoms with Gasteiger partial charge >= 0.3 is 0 Å². The highest BCUT2D eigenvalue weighted by Gasteiger charge is 2.31. The number of hydrogen-bond acceptors (Lipinski definition) is 4. The van der Waals surface area contributed by atoms with Crippen LogP contribution >= 0.6 is 11.6 Å². The van der Waals surface area contributed by atoms with E-state index < -0.39 is 10.0 Å². The highest BCUT2D eigenvalue weighted by molar-refractivity contribution is 7.89. The summed E-state index contributed by atoms with van der Waals surface area (Å²) in [5, 5.41) is 0.145. The van der Waals surface area contributed by atoms with Crippen molar-refractivity contribution in [1.82, 2.24) is 14.5 Å². The van der Waals surface area contributed by atoms with E-state index in [9.17, 15) is 18.0 Å². The smallest absolute Gasteiger partial charge is 0.242 e. The summed E-state index contributed by atoms with van der Waals surface area (Å²) in [5.74, 6) is 0.118. The summed E-state index contributed by atoms with van der Waals surface area (Å²) in [6, 6.07) is 6.19. The number of nitrogens with one attached hydrogen (secondary N) is 1. The minimum absolute atomic E-state index is 0.000810. The lowest BCUT2D eigenvalue weighted by Crippen LogP contribution is -2.44. The lowest BCUT2D eigenvalue weighted by atomic mass is 9.95. The molecule has 0 unspecified atom stereocenters. The standard InChI is InChI=1S/C19H26ClN3O4S/c20-16-5-1-2-6-17(16)28(26,27)21-10-7-18(24)22-13-8-15(9-14-22)19(25)23-11-3-4-12-23/h1-2,5-6,15,21H,3-4,7-14H2. The van der Waals surface area contributed by atoms with E-state index in [1.807, 2.05) is 4.90 Å². The molecule has 2 amide bonds. The molecule has 2 fully saturated rings. The number of hydrogen-bond donors (Lipinski definition) is 1. The summed E-state index contributed by atoms with van der Waals surface area (Å²) in [7, 11) is -3.75. The van der Waals surface area contributed by atoms with E-state index in [-0.39, 0.29) is 40.6 Å². The number of piperidine rings is 1. The van der Waals surface area contributed by atoms with Crippen molar-refractivity contribution in [2.75, 3.05) is 32.7 Å². The predicted molar refractivity (Wildman–Crippen MR) is 106 cm³/mol. The number of carbonyl (C=O) groups is 2. The van der Waals surface area contributed by atoms with E-state index in [4.69, 9.17) is 11.6 Å². The first-order valence-electron chi connectivity index (χ1n) is 9.69. The molecule has 1 aromatic rings. The first kappa shape index (κ1) is 21.1. The number of carbonyl (C=O) groups excluding carboxylic acids is 2. The van der Waals surface area contributed by atoms with Crippen LogP contribution < -0.4 is 4.72 Å². The van der Waals surface area contributed by atoms with Gasteiger partial charge in [0.05, 0.1) is 5.02 Å². The Hall–Kier alpha value is -1.64. The number of rotatable bonds is 6. The van der Waals surface area contributed by atoms with E-state index in [0.717, 1.165) is 25.9 Å². The van der Waals surface area contributed by atoms with Crippen LogP contribution in [0.25, 0.3) is 0 Å². The van der Waals surface area contributed by atoms with Gasteiger partial charge < -0.3 is 9.80 Å². The second-order valence-corrected chi connectivity index (χ2v) is 9.41. The molecule has 0 bridgehead atoms. The Balaban J connectivity index is 1.43. The molecule has 1 aromatic carbocycles. The molecular weight excluding hydrogens is 402 g/mol. The minimum atomic E-state index is -3.75. The van der Waals surface area contributed by atoms with E-state index in [1.165, 1.54) is 12.1 Å². The normalized spacial score (nSPS) is 18.5. The van der Waals surface area contributed by atoms with Crippen LogP contribution in [0.1, 0.15) is 32.1 Å². The van der Waals surface area contributed by atoms with Gasteiger partial charge in [0.25, 0.3) is 0 Å². The summed E-state index contributed by atoms with van der Waals surface area (Å²) in [5.41, 5.74) is 0. The third-order valence-corrected chi connectivity index (χ3v) is 7.33. The molecule has 0 aliphatic carbocycles. The van der Waals surface area contributed by atoms with Crippen LogP contribution in [-0.4, -0.2) is 62.8 Å². The number of amides is 2. The van der Waals surface area contributed by atoms with Gasteiger partial charge in [-0.25, -0.2) is 13.1 Å². The van der Waals surface area contributed by atoms with Gasteiger partial charge in [-0.3, -0.25) is 9.59 Å². The molecule has 0 aromatic heterocycles. The number of benzene rings is 1. The molecule has 2 aliphatic heterocycles. The summed E-state index contributed by atoms with van der Waals surface area (Å²) < 4.78 is 27.0. The molecule has 2 heterocycles. The van der Waals surface area contributed by atoms with Gasteiger partial charge in [0.2, 0.25) is 21.8 Å². The van der Waals surface area contributed by atoms with Crippen LogP contribution in [0.2, 0.25) is 5.02 Å². The Morgan fingerprint density at radius 3 is 2.32 bits per heavy atom. The van der Waals surface area contributed by atoms with E-state index in [1.54, 1.807) is 17.0 Å². The molecule has 1 N–H and O–H groups in total. The van der Waals surface area contributed by atoms with Crippen LogP contribution in [0.3, 0.4) is 0 Å². The van der Waals surface area contributed by atoms with Crippen molar-refractivity contribution in [3.63, 3.8) is 0 Å². The third-order valence-electron chi connectivity index (χ3n) is 5.37. The minimum Gasteiger partial charge on any atom is -0.343 e. The first-order valence-corrected chi connectivity index (χ1v) is 11.6. The Labute approximate surface area is 171 Å². The van der Waals surface area contributed by atoms with Gasteiger partial charge in [-0.1, -0.05) is 23.7 Å². The second-order valence-electron chi connectivity index (χ2n) is 7.27. The number of sulfonamides is 1. The van der Waals surface area contributed by atoms with Crippen molar-refractivity contribution in [3.8, 4) is 0 Å². The van der Waals surface area contributed by atoms with Crippen molar-refractivity contribution in [2.45, 2.75) is 37.0 Å². The Bertz CT molecular complexity index is 816. The maximum absolute atomic E-state index is 12.5. The number of halogens is 1. The van der Waals surface area contributed by atoms with Gasteiger partial charge in [-0.15, -0.1) is 0 Å². The zero-order valence-corrected chi connectivity index (χ0v) is 17.3. The Kier molecular flexibility index (Phi) is 6.95. The molecule has 0 saturated carbocycles. The fourth-order valence-corrected chi connectivity index (χ4v) is 5.31. The molecular formula is C19H26ClN3O4S. The summed E-state index contributed by atoms with van der Waals surface area (Å²) in [6.45, 7) is 2.80. The maximum atomic E-state index is 12.5. The number of nitrogens with zero attached hydrogens (tertiary/aromatic N) is 2. The van der Waals surface area contributed by atoms with Crippen LogP contribution in [-0.2, 0) is 19.6 Å². The molecule has 9 heteroatoms. The summed E-state index contributed by atoms with van der Waals surface area (Å²) in [4.78, 5) is 28.5. The monoisotopic (exact) mass is 427 g/mol. The predicted octanol–water partition coefficient (Wildman–Crippen LogP) is 1.87. The fraction of sp³-hybridized carbons (Fsp3) is 0.579. The molecule has 0 spiro atoms. The van der Waals surface area contributed by atoms with Crippen molar-refractivity contribution in [3.05, 3.63) is 29.3 Å². The SMILES string of the molecule is O=C(CCNS(=O)(=O)c1ccccc1Cl)N1CCC(C(=O)N2CCCC2)CC1. The average molecular weight is 428 g/mol. The van der Waals surface area contributed by atoms with Crippen LogP contribution in [0.4, 0.5) is 0 Å². The molecule has 0 radical (unpaired) electrons. The highest BCUT2D eigenvalue weighted by atomic mass is 35.5. The Morgan fingerprint density at radius 2 is 1.68 bits per heavy atom. The second kappa shape index (κ2) is 9.24. The highest BCUT2D eigenvalue weighted by Crippen LogP contribution is 2.23. The molecule has 2 aliphatic rings. The average Bonchev–Trinajstić information content (AvgIpc) is 3.22. The quantitative estimate of drug-likeness (QED) is 0.750. The van der Waals surface area contributed by atoms with Gasteiger partial charge in [-0.05, 0) is 37.8 Å². The van der Waals surface area contributed by atoms with Crippen LogP contribution in [0.5, 0.6) is 0 Å². The molecule has 28 heavy (non-hydrogen) atoms. The van der Waals surface area contributed by atoms with Gasteiger partial charge in [0.15, 0.2) is 0 Å². The van der Waals surface area contributed by atoms with Crippen molar-refractivity contribution >= 4 is 33.4 Å². The van der Waals surface area contributed by atoms with E-state index in [2.05, 4.69) is 4.72 Å². The lowest BCUT2D eigenvalue weighted by molar-refractivity contribution is -0.140. The van der Waals surface area contributed by atoms with Crippen molar-refractivity contribution in [2.24, 2.45) is 5.92 Å². The van der Waals surface area contributed by atoms with Crippen molar-refractivity contribution < 1.29 is 18.0 Å². The van der Waals surface area contributed by atoms with Crippen molar-refractivity contribution in [1.29, 1.82) is 0 Å². The topological polar surface area (TPSA) is 86.8 Å².